The van der Waals surface area contributed by atoms with Crippen molar-refractivity contribution in [2.75, 3.05) is 27.3 Å². The predicted molar refractivity (Wildman–Crippen MR) is 126 cm³/mol. The summed E-state index contributed by atoms with van der Waals surface area (Å²) in [5.41, 5.74) is 1.42. The summed E-state index contributed by atoms with van der Waals surface area (Å²) in [6.07, 6.45) is 0. The summed E-state index contributed by atoms with van der Waals surface area (Å²) < 4.78 is 38.6. The number of hydrogen-bond acceptors (Lipinski definition) is 4. The highest BCUT2D eigenvalue weighted by molar-refractivity contribution is 5.95. The topological polar surface area (TPSA) is 67.9 Å². The SMILES string of the molecule is COc1cccc(C2CN(C(=O)c3ccccc3F)CC2C(=O)NCc2ccc(F)cc2)c1OC. The molecule has 1 aliphatic heterocycles. The molecule has 2 amide bonds. The third kappa shape index (κ3) is 5.11. The molecule has 182 valence electrons. The molecule has 1 heterocycles. The Morgan fingerprint density at radius 2 is 1.69 bits per heavy atom. The molecule has 2 unspecified atom stereocenters. The van der Waals surface area contributed by atoms with Crippen molar-refractivity contribution in [3.63, 3.8) is 0 Å². The van der Waals surface area contributed by atoms with Crippen LogP contribution in [0.4, 0.5) is 8.78 Å². The maximum Gasteiger partial charge on any atom is 0.256 e. The van der Waals surface area contributed by atoms with Gasteiger partial charge < -0.3 is 19.7 Å². The first-order valence-electron chi connectivity index (χ1n) is 11.2. The number of ether oxygens (including phenoxy) is 2. The van der Waals surface area contributed by atoms with Crippen LogP contribution in [-0.4, -0.2) is 44.0 Å². The van der Waals surface area contributed by atoms with Crippen LogP contribution in [0.2, 0.25) is 0 Å². The van der Waals surface area contributed by atoms with Gasteiger partial charge in [0.25, 0.3) is 5.91 Å². The van der Waals surface area contributed by atoms with Crippen LogP contribution in [0.15, 0.2) is 66.7 Å². The van der Waals surface area contributed by atoms with Gasteiger partial charge in [-0.3, -0.25) is 9.59 Å². The molecule has 8 heteroatoms. The highest BCUT2D eigenvalue weighted by Gasteiger charge is 2.42. The maximum atomic E-state index is 14.3. The van der Waals surface area contributed by atoms with E-state index in [1.807, 2.05) is 6.07 Å². The summed E-state index contributed by atoms with van der Waals surface area (Å²) in [5.74, 6) is -1.76. The Kier molecular flexibility index (Phi) is 7.29. The molecule has 0 spiro atoms. The number of para-hydroxylation sites is 1. The van der Waals surface area contributed by atoms with E-state index >= 15 is 0 Å². The quantitative estimate of drug-likeness (QED) is 0.552. The van der Waals surface area contributed by atoms with Crippen LogP contribution in [0.1, 0.15) is 27.4 Å². The zero-order valence-electron chi connectivity index (χ0n) is 19.5. The van der Waals surface area contributed by atoms with E-state index in [9.17, 15) is 18.4 Å². The molecule has 1 N–H and O–H groups in total. The van der Waals surface area contributed by atoms with Crippen molar-refractivity contribution in [3.05, 3.63) is 95.1 Å². The first-order chi connectivity index (χ1) is 16.9. The van der Waals surface area contributed by atoms with Crippen molar-refractivity contribution in [1.82, 2.24) is 10.2 Å². The van der Waals surface area contributed by atoms with Gasteiger partial charge in [0.05, 0.1) is 25.7 Å². The Hall–Kier alpha value is -3.94. The van der Waals surface area contributed by atoms with Crippen LogP contribution in [0.25, 0.3) is 0 Å². The van der Waals surface area contributed by atoms with Gasteiger partial charge in [-0.15, -0.1) is 0 Å². The third-order valence-corrected chi connectivity index (χ3v) is 6.26. The van der Waals surface area contributed by atoms with E-state index in [-0.39, 0.29) is 36.9 Å². The van der Waals surface area contributed by atoms with Crippen molar-refractivity contribution >= 4 is 11.8 Å². The molecule has 0 aliphatic carbocycles. The predicted octanol–water partition coefficient (Wildman–Crippen LogP) is 4.15. The number of nitrogens with one attached hydrogen (secondary N) is 1. The summed E-state index contributed by atoms with van der Waals surface area (Å²) in [6.45, 7) is 0.512. The van der Waals surface area contributed by atoms with Crippen LogP contribution in [0, 0.1) is 17.6 Å². The maximum absolute atomic E-state index is 14.3. The molecule has 1 fully saturated rings. The summed E-state index contributed by atoms with van der Waals surface area (Å²) in [5, 5.41) is 2.89. The molecule has 35 heavy (non-hydrogen) atoms. The number of benzene rings is 3. The minimum Gasteiger partial charge on any atom is -0.493 e. The second kappa shape index (κ2) is 10.5. The Balaban J connectivity index is 1.63. The van der Waals surface area contributed by atoms with E-state index in [0.29, 0.717) is 11.5 Å². The van der Waals surface area contributed by atoms with Crippen LogP contribution < -0.4 is 14.8 Å². The van der Waals surface area contributed by atoms with Crippen molar-refractivity contribution in [1.29, 1.82) is 0 Å². The number of rotatable bonds is 7. The van der Waals surface area contributed by atoms with E-state index < -0.39 is 23.6 Å². The zero-order chi connectivity index (χ0) is 24.9. The number of amides is 2. The molecular weight excluding hydrogens is 454 g/mol. The van der Waals surface area contributed by atoms with E-state index in [1.165, 1.54) is 49.5 Å². The molecule has 0 bridgehead atoms. The lowest BCUT2D eigenvalue weighted by Crippen LogP contribution is -2.35. The van der Waals surface area contributed by atoms with Crippen molar-refractivity contribution in [3.8, 4) is 11.5 Å². The molecule has 4 rings (SSSR count). The number of halogens is 2. The average Bonchev–Trinajstić information content (AvgIpc) is 3.33. The molecule has 2 atom stereocenters. The molecule has 3 aromatic carbocycles. The lowest BCUT2D eigenvalue weighted by Gasteiger charge is -2.21. The van der Waals surface area contributed by atoms with Crippen molar-refractivity contribution in [2.24, 2.45) is 5.92 Å². The molecule has 0 saturated carbocycles. The highest BCUT2D eigenvalue weighted by atomic mass is 19.1. The average molecular weight is 481 g/mol. The fourth-order valence-electron chi connectivity index (χ4n) is 4.48. The van der Waals surface area contributed by atoms with Gasteiger partial charge in [0.1, 0.15) is 11.6 Å². The first kappa shape index (κ1) is 24.2. The number of nitrogens with zero attached hydrogens (tertiary/aromatic N) is 1. The van der Waals surface area contributed by atoms with E-state index in [2.05, 4.69) is 5.32 Å². The molecule has 0 aromatic heterocycles. The van der Waals surface area contributed by atoms with Gasteiger partial charge in [-0.1, -0.05) is 36.4 Å². The molecular formula is C27H26F2N2O4. The number of carbonyl (C=O) groups is 2. The lowest BCUT2D eigenvalue weighted by atomic mass is 9.87. The Bertz CT molecular complexity index is 1220. The number of carbonyl (C=O) groups excluding carboxylic acids is 2. The van der Waals surface area contributed by atoms with E-state index in [0.717, 1.165) is 11.1 Å². The van der Waals surface area contributed by atoms with Crippen LogP contribution in [0.3, 0.4) is 0 Å². The van der Waals surface area contributed by atoms with Crippen molar-refractivity contribution < 1.29 is 27.8 Å². The van der Waals surface area contributed by atoms with Gasteiger partial charge in [0, 0.05) is 31.1 Å². The van der Waals surface area contributed by atoms with Gasteiger partial charge >= 0.3 is 0 Å². The summed E-state index contributed by atoms with van der Waals surface area (Å²) in [7, 11) is 3.04. The largest absolute Gasteiger partial charge is 0.493 e. The van der Waals surface area contributed by atoms with Gasteiger partial charge in [-0.2, -0.15) is 0 Å². The molecule has 6 nitrogen and oxygen atoms in total. The van der Waals surface area contributed by atoms with Crippen LogP contribution >= 0.6 is 0 Å². The van der Waals surface area contributed by atoms with Crippen molar-refractivity contribution in [2.45, 2.75) is 12.5 Å². The second-order valence-corrected chi connectivity index (χ2v) is 8.33. The lowest BCUT2D eigenvalue weighted by molar-refractivity contribution is -0.125. The van der Waals surface area contributed by atoms with E-state index in [4.69, 9.17) is 9.47 Å². The minimum atomic E-state index is -0.618. The highest BCUT2D eigenvalue weighted by Crippen LogP contribution is 2.42. The smallest absolute Gasteiger partial charge is 0.256 e. The third-order valence-electron chi connectivity index (χ3n) is 6.26. The first-order valence-corrected chi connectivity index (χ1v) is 11.2. The normalized spacial score (nSPS) is 17.2. The Morgan fingerprint density at radius 1 is 0.943 bits per heavy atom. The van der Waals surface area contributed by atoms with Gasteiger partial charge in [0.15, 0.2) is 11.5 Å². The number of hydrogen-bond donors (Lipinski definition) is 1. The Labute approximate surface area is 202 Å². The molecule has 3 aromatic rings. The standard InChI is InChI=1S/C27H26F2N2O4/c1-34-24-9-5-7-19(25(24)35-2)21-15-31(27(33)20-6-3-4-8-23(20)29)16-22(21)26(32)30-14-17-10-12-18(28)13-11-17/h3-13,21-22H,14-16H2,1-2H3,(H,30,32). The molecule has 1 saturated heterocycles. The Morgan fingerprint density at radius 3 is 2.37 bits per heavy atom. The summed E-state index contributed by atoms with van der Waals surface area (Å²) >= 11 is 0. The fourth-order valence-corrected chi connectivity index (χ4v) is 4.48. The molecule has 1 aliphatic rings. The van der Waals surface area contributed by atoms with Gasteiger partial charge in [0.2, 0.25) is 5.91 Å². The fraction of sp³-hybridized carbons (Fsp3) is 0.259. The monoisotopic (exact) mass is 480 g/mol. The van der Waals surface area contributed by atoms with Gasteiger partial charge in [-0.05, 0) is 35.9 Å². The second-order valence-electron chi connectivity index (χ2n) is 8.33. The number of likely N-dealkylation sites (tertiary alicyclic amines) is 1. The summed E-state index contributed by atoms with van der Waals surface area (Å²) in [6, 6.07) is 17.0. The molecule has 0 radical (unpaired) electrons. The number of methoxy groups -OCH3 is 2. The minimum absolute atomic E-state index is 0.0452. The van der Waals surface area contributed by atoms with Crippen LogP contribution in [0.5, 0.6) is 11.5 Å². The van der Waals surface area contributed by atoms with Gasteiger partial charge in [-0.25, -0.2) is 8.78 Å². The van der Waals surface area contributed by atoms with E-state index in [1.54, 1.807) is 30.3 Å². The summed E-state index contributed by atoms with van der Waals surface area (Å²) in [4.78, 5) is 28.0. The zero-order valence-corrected chi connectivity index (χ0v) is 19.5. The van der Waals surface area contributed by atoms with Crippen LogP contribution in [-0.2, 0) is 11.3 Å².